The van der Waals surface area contributed by atoms with Gasteiger partial charge in [-0.3, -0.25) is 4.79 Å². The topological polar surface area (TPSA) is 150 Å². The number of aromatic hydroxyl groups is 1. The van der Waals surface area contributed by atoms with Crippen molar-refractivity contribution < 1.29 is 52.0 Å². The number of methoxy groups -OCH3 is 1. The standard InChI is InChI=1S/C20H18F3NO5.C2H2O4/c1-24(2)10-14-15(25)9-8-13-16(26)18(19(20(21,22)23)29-17(13)14)28-12-6-4-11(27-3)5-7-12;3-1(4)2(5)6/h4-9,25H,10H2,1-3H3;(H,3,4)(H,5,6)/p-1. The number of carbonyl (C=O) groups is 2. The molecule has 2 N–H and O–H groups in total. The van der Waals surface area contributed by atoms with Gasteiger partial charge in [-0.25, -0.2) is 4.79 Å². The number of aliphatic carboxylic acids is 2. The number of hydrogen-bond donors (Lipinski definition) is 2. The molecule has 0 aliphatic carbocycles. The first-order valence-electron chi connectivity index (χ1n) is 9.56. The Labute approximate surface area is 195 Å². The zero-order chi connectivity index (χ0) is 26.5. The number of phenolic OH excluding ortho intramolecular Hbond substituents is 1. The Kier molecular flexibility index (Phi) is 8.31. The Balaban J connectivity index is 0.000000641. The van der Waals surface area contributed by atoms with Crippen LogP contribution >= 0.6 is 0 Å². The Morgan fingerprint density at radius 1 is 1.09 bits per heavy atom. The third-order valence-electron chi connectivity index (χ3n) is 4.28. The monoisotopic (exact) mass is 498 g/mol. The molecule has 1 heterocycles. The number of carbonyl (C=O) groups excluding carboxylic acids is 1. The number of phenols is 1. The van der Waals surface area contributed by atoms with E-state index in [2.05, 4.69) is 0 Å². The van der Waals surface area contributed by atoms with E-state index in [1.165, 1.54) is 43.5 Å². The summed E-state index contributed by atoms with van der Waals surface area (Å²) in [6.07, 6.45) is -4.99. The van der Waals surface area contributed by atoms with Crippen molar-refractivity contribution >= 4 is 22.9 Å². The van der Waals surface area contributed by atoms with E-state index in [0.29, 0.717) is 5.75 Å². The molecule has 188 valence electrons. The zero-order valence-corrected chi connectivity index (χ0v) is 18.5. The molecule has 0 bridgehead atoms. The van der Waals surface area contributed by atoms with E-state index in [1.54, 1.807) is 19.0 Å². The molecule has 0 saturated carbocycles. The van der Waals surface area contributed by atoms with Crippen LogP contribution in [-0.2, 0) is 22.3 Å². The number of nitrogens with zero attached hydrogens (tertiary/aromatic N) is 1. The maximum Gasteiger partial charge on any atom is 0.453 e. The second-order valence-corrected chi connectivity index (χ2v) is 7.14. The summed E-state index contributed by atoms with van der Waals surface area (Å²) in [7, 11) is 4.78. The first-order valence-corrected chi connectivity index (χ1v) is 9.56. The van der Waals surface area contributed by atoms with Crippen LogP contribution in [0.2, 0.25) is 0 Å². The molecule has 10 nitrogen and oxygen atoms in total. The normalized spacial score (nSPS) is 11.1. The molecule has 0 fully saturated rings. The minimum atomic E-state index is -4.99. The maximum atomic E-state index is 13.7. The van der Waals surface area contributed by atoms with Gasteiger partial charge in [0.15, 0.2) is 5.97 Å². The third-order valence-corrected chi connectivity index (χ3v) is 4.28. The minimum absolute atomic E-state index is 0.00948. The van der Waals surface area contributed by atoms with Gasteiger partial charge in [0.1, 0.15) is 22.8 Å². The second-order valence-electron chi connectivity index (χ2n) is 7.14. The summed E-state index contributed by atoms with van der Waals surface area (Å²) in [5.74, 6) is -6.35. The van der Waals surface area contributed by atoms with Gasteiger partial charge < -0.3 is 38.9 Å². The summed E-state index contributed by atoms with van der Waals surface area (Å²) in [5.41, 5.74) is -1.25. The molecule has 0 saturated heterocycles. The molecule has 3 aromatic rings. The average molecular weight is 498 g/mol. The maximum absolute atomic E-state index is 13.7. The number of fused-ring (bicyclic) bond motifs is 1. The lowest BCUT2D eigenvalue weighted by molar-refractivity contribution is -0.303. The summed E-state index contributed by atoms with van der Waals surface area (Å²) in [4.78, 5) is 32.5. The first kappa shape index (κ1) is 27.0. The molecule has 1 aromatic heterocycles. The van der Waals surface area contributed by atoms with Crippen molar-refractivity contribution in [1.29, 1.82) is 0 Å². The highest BCUT2D eigenvalue weighted by molar-refractivity contribution is 6.26. The summed E-state index contributed by atoms with van der Waals surface area (Å²) in [5, 5.41) is 26.3. The predicted molar refractivity (Wildman–Crippen MR) is 112 cm³/mol. The summed E-state index contributed by atoms with van der Waals surface area (Å²) < 4.78 is 56.4. The van der Waals surface area contributed by atoms with E-state index in [1.807, 2.05) is 0 Å². The van der Waals surface area contributed by atoms with Crippen molar-refractivity contribution in [2.45, 2.75) is 12.7 Å². The number of benzene rings is 2. The van der Waals surface area contributed by atoms with Crippen LogP contribution in [0.15, 0.2) is 45.6 Å². The van der Waals surface area contributed by atoms with E-state index in [-0.39, 0.29) is 34.6 Å². The van der Waals surface area contributed by atoms with Crippen LogP contribution in [0.5, 0.6) is 23.0 Å². The van der Waals surface area contributed by atoms with Crippen LogP contribution in [0.3, 0.4) is 0 Å². The zero-order valence-electron chi connectivity index (χ0n) is 18.5. The fourth-order valence-electron chi connectivity index (χ4n) is 2.80. The number of halogens is 3. The number of hydrogen-bond acceptors (Lipinski definition) is 9. The molecule has 35 heavy (non-hydrogen) atoms. The van der Waals surface area contributed by atoms with Crippen molar-refractivity contribution in [3.05, 3.63) is 57.9 Å². The van der Waals surface area contributed by atoms with Gasteiger partial charge in [-0.2, -0.15) is 13.2 Å². The van der Waals surface area contributed by atoms with Gasteiger partial charge in [0.05, 0.1) is 18.1 Å². The lowest BCUT2D eigenvalue weighted by Crippen LogP contribution is -2.30. The van der Waals surface area contributed by atoms with E-state index in [0.717, 1.165) is 0 Å². The molecule has 0 atom stereocenters. The predicted octanol–water partition coefficient (Wildman–Crippen LogP) is 2.20. The fraction of sp³-hybridized carbons (Fsp3) is 0.227. The van der Waals surface area contributed by atoms with Crippen LogP contribution in [0.25, 0.3) is 11.0 Å². The Morgan fingerprint density at radius 2 is 1.63 bits per heavy atom. The molecule has 0 spiro atoms. The van der Waals surface area contributed by atoms with Gasteiger partial charge >= 0.3 is 12.1 Å². The summed E-state index contributed by atoms with van der Waals surface area (Å²) in [6, 6.07) is 8.16. The lowest BCUT2D eigenvalue weighted by Gasteiger charge is -2.17. The van der Waals surface area contributed by atoms with Crippen LogP contribution < -0.4 is 20.0 Å². The van der Waals surface area contributed by atoms with Gasteiger partial charge in [0, 0.05) is 6.54 Å². The van der Waals surface area contributed by atoms with Crippen LogP contribution in [0.4, 0.5) is 13.2 Å². The quantitative estimate of drug-likeness (QED) is 0.501. The number of rotatable bonds is 5. The largest absolute Gasteiger partial charge is 0.539 e. The smallest absolute Gasteiger partial charge is 0.453 e. The van der Waals surface area contributed by atoms with Gasteiger partial charge in [0.25, 0.3) is 5.76 Å². The molecular formula is C22H19F3NO9-. The number of carboxylic acid groups (broad SMARTS) is 2. The number of ether oxygens (including phenoxy) is 2. The van der Waals surface area contributed by atoms with Gasteiger partial charge in [0.2, 0.25) is 11.2 Å². The first-order chi connectivity index (χ1) is 16.3. The second kappa shape index (κ2) is 10.8. The molecule has 0 aliphatic rings. The molecule has 3 rings (SSSR count). The lowest BCUT2D eigenvalue weighted by atomic mass is 10.1. The highest BCUT2D eigenvalue weighted by atomic mass is 19.4. The number of alkyl halides is 3. The third kappa shape index (κ3) is 6.63. The molecule has 0 amide bonds. The fourth-order valence-corrected chi connectivity index (χ4v) is 2.80. The van der Waals surface area contributed by atoms with Gasteiger partial charge in [-0.1, -0.05) is 0 Å². The van der Waals surface area contributed by atoms with E-state index < -0.39 is 35.1 Å². The van der Waals surface area contributed by atoms with Gasteiger partial charge in [-0.15, -0.1) is 0 Å². The summed E-state index contributed by atoms with van der Waals surface area (Å²) in [6.45, 7) is 0.0715. The molecule has 0 aliphatic heterocycles. The molecule has 13 heteroatoms. The Morgan fingerprint density at radius 3 is 2.09 bits per heavy atom. The van der Waals surface area contributed by atoms with Gasteiger partial charge in [-0.05, 0) is 50.5 Å². The Bertz CT molecular complexity index is 1270. The number of carboxylic acids is 2. The highest BCUT2D eigenvalue weighted by Crippen LogP contribution is 2.40. The van der Waals surface area contributed by atoms with Crippen LogP contribution in [0, 0.1) is 0 Å². The molecular weight excluding hydrogens is 479 g/mol. The van der Waals surface area contributed by atoms with E-state index in [4.69, 9.17) is 33.7 Å². The highest BCUT2D eigenvalue weighted by Gasteiger charge is 2.41. The minimum Gasteiger partial charge on any atom is -0.539 e. The molecule has 0 unspecified atom stereocenters. The van der Waals surface area contributed by atoms with E-state index in [9.17, 15) is 23.1 Å². The van der Waals surface area contributed by atoms with Crippen LogP contribution in [-0.4, -0.2) is 48.3 Å². The van der Waals surface area contributed by atoms with Crippen LogP contribution in [0.1, 0.15) is 11.3 Å². The molecule has 0 radical (unpaired) electrons. The van der Waals surface area contributed by atoms with Crippen molar-refractivity contribution in [2.24, 2.45) is 0 Å². The van der Waals surface area contributed by atoms with E-state index >= 15 is 0 Å². The van der Waals surface area contributed by atoms with Crippen molar-refractivity contribution in [3.8, 4) is 23.0 Å². The molecule has 2 aromatic carbocycles. The average Bonchev–Trinajstić information content (AvgIpc) is 2.77. The Hall–Kier alpha value is -4.26. The van der Waals surface area contributed by atoms with Crippen molar-refractivity contribution in [1.82, 2.24) is 4.90 Å². The summed E-state index contributed by atoms with van der Waals surface area (Å²) >= 11 is 0. The van der Waals surface area contributed by atoms with Crippen molar-refractivity contribution in [2.75, 3.05) is 21.2 Å². The SMILES string of the molecule is COc1ccc(Oc2c(C(F)(F)F)oc3c(CN(C)C)c(O)ccc3c2=O)cc1.O=C([O-])C(=O)O. The van der Waals surface area contributed by atoms with Crippen molar-refractivity contribution in [3.63, 3.8) is 0 Å².